The van der Waals surface area contributed by atoms with Gasteiger partial charge in [0, 0.05) is 11.6 Å². The number of halogens is 4. The fourth-order valence-electron chi connectivity index (χ4n) is 2.64. The Morgan fingerprint density at radius 2 is 1.79 bits per heavy atom. The first kappa shape index (κ1) is 19.4. The molecule has 0 radical (unpaired) electrons. The van der Waals surface area contributed by atoms with Gasteiger partial charge in [-0.2, -0.15) is 8.78 Å². The van der Waals surface area contributed by atoms with E-state index >= 15 is 0 Å². The Hall–Kier alpha value is -2.91. The van der Waals surface area contributed by atoms with Crippen LogP contribution in [-0.4, -0.2) is 22.1 Å². The monoisotopic (exact) mass is 436 g/mol. The van der Waals surface area contributed by atoms with Crippen molar-refractivity contribution in [2.75, 3.05) is 12.4 Å². The second-order valence-corrected chi connectivity index (χ2v) is 7.34. The van der Waals surface area contributed by atoms with Gasteiger partial charge in [0.05, 0.1) is 17.3 Å². The van der Waals surface area contributed by atoms with Gasteiger partial charge in [0.1, 0.15) is 23.1 Å². The van der Waals surface area contributed by atoms with E-state index in [1.165, 1.54) is 11.3 Å². The summed E-state index contributed by atoms with van der Waals surface area (Å²) in [6.45, 7) is 0. The zero-order chi connectivity index (χ0) is 20.6. The normalized spacial score (nSPS) is 11.6. The highest BCUT2D eigenvalue weighted by molar-refractivity contribution is 7.22. The zero-order valence-electron chi connectivity index (χ0n) is 14.8. The molecule has 2 aromatic heterocycles. The molecule has 0 aliphatic rings. The van der Waals surface area contributed by atoms with Gasteiger partial charge in [-0.1, -0.05) is 11.3 Å². The summed E-state index contributed by atoms with van der Waals surface area (Å²) < 4.78 is 48.8. The average molecular weight is 437 g/mol. The fourth-order valence-corrected chi connectivity index (χ4v) is 3.73. The van der Waals surface area contributed by atoms with Crippen molar-refractivity contribution in [3.05, 3.63) is 70.9 Å². The van der Waals surface area contributed by atoms with Crippen LogP contribution in [0.4, 0.5) is 24.1 Å². The number of hydrogen-bond acceptors (Lipinski definition) is 6. The van der Waals surface area contributed by atoms with Gasteiger partial charge in [-0.3, -0.25) is 0 Å². The van der Waals surface area contributed by atoms with Gasteiger partial charge in [0.15, 0.2) is 5.13 Å². The van der Waals surface area contributed by atoms with Crippen LogP contribution in [0, 0.1) is 5.82 Å². The number of benzene rings is 2. The molecule has 2 aromatic carbocycles. The molecule has 10 heteroatoms. The van der Waals surface area contributed by atoms with Crippen molar-refractivity contribution in [2.24, 2.45) is 0 Å². The predicted molar refractivity (Wildman–Crippen MR) is 106 cm³/mol. The van der Waals surface area contributed by atoms with E-state index in [-0.39, 0.29) is 11.1 Å². The van der Waals surface area contributed by atoms with E-state index in [1.54, 1.807) is 19.2 Å². The standard InChI is InChI=1S/C19H12ClF3N4OS/c1-28-12-6-7-13-14(8-12)29-18(24-13)27-16-9-15(25-17(20)26-16)19(22,23)10-2-4-11(21)5-3-10/h2-9H,1H3,(H,24,25,26,27). The van der Waals surface area contributed by atoms with E-state index in [1.807, 2.05) is 6.07 Å². The highest BCUT2D eigenvalue weighted by Crippen LogP contribution is 2.37. The lowest BCUT2D eigenvalue weighted by atomic mass is 10.1. The summed E-state index contributed by atoms with van der Waals surface area (Å²) in [5.41, 5.74) is -0.309. The quantitative estimate of drug-likeness (QED) is 0.402. The van der Waals surface area contributed by atoms with E-state index in [0.717, 1.165) is 40.5 Å². The predicted octanol–water partition coefficient (Wildman–Crippen LogP) is 5.77. The van der Waals surface area contributed by atoms with Crippen molar-refractivity contribution in [2.45, 2.75) is 5.92 Å². The molecule has 148 valence electrons. The van der Waals surface area contributed by atoms with Crippen LogP contribution >= 0.6 is 22.9 Å². The summed E-state index contributed by atoms with van der Waals surface area (Å²) >= 11 is 7.17. The number of alkyl halides is 2. The molecule has 29 heavy (non-hydrogen) atoms. The van der Waals surface area contributed by atoms with E-state index in [4.69, 9.17) is 16.3 Å². The van der Waals surface area contributed by atoms with Crippen molar-refractivity contribution >= 4 is 44.1 Å². The van der Waals surface area contributed by atoms with Gasteiger partial charge in [-0.15, -0.1) is 0 Å². The second-order valence-electron chi connectivity index (χ2n) is 5.97. The number of thiazole rings is 1. The fraction of sp³-hybridized carbons (Fsp3) is 0.105. The Labute approximate surface area is 172 Å². The molecule has 0 fully saturated rings. The van der Waals surface area contributed by atoms with Crippen molar-refractivity contribution in [3.63, 3.8) is 0 Å². The number of fused-ring (bicyclic) bond motifs is 1. The summed E-state index contributed by atoms with van der Waals surface area (Å²) in [6, 6.07) is 10.4. The minimum Gasteiger partial charge on any atom is -0.497 e. The highest BCUT2D eigenvalue weighted by atomic mass is 35.5. The maximum Gasteiger partial charge on any atom is 0.315 e. The van der Waals surface area contributed by atoms with Crippen molar-refractivity contribution in [3.8, 4) is 5.75 Å². The minimum absolute atomic E-state index is 0.0628. The van der Waals surface area contributed by atoms with Gasteiger partial charge in [0.2, 0.25) is 5.28 Å². The highest BCUT2D eigenvalue weighted by Gasteiger charge is 2.36. The van der Waals surface area contributed by atoms with Crippen LogP contribution in [0.5, 0.6) is 5.75 Å². The van der Waals surface area contributed by atoms with E-state index in [9.17, 15) is 13.2 Å². The molecule has 1 N–H and O–H groups in total. The number of ether oxygens (including phenoxy) is 1. The number of methoxy groups -OCH3 is 1. The minimum atomic E-state index is -3.49. The summed E-state index contributed by atoms with van der Waals surface area (Å²) in [6.07, 6.45) is 0. The molecular weight excluding hydrogens is 425 g/mol. The molecule has 0 aliphatic heterocycles. The van der Waals surface area contributed by atoms with Crippen molar-refractivity contribution in [1.82, 2.24) is 15.0 Å². The maximum atomic E-state index is 14.8. The van der Waals surface area contributed by atoms with Crippen LogP contribution in [0.3, 0.4) is 0 Å². The molecule has 5 nitrogen and oxygen atoms in total. The Kier molecular flexibility index (Phi) is 5.01. The van der Waals surface area contributed by atoms with Crippen LogP contribution in [0.25, 0.3) is 10.2 Å². The molecule has 0 saturated heterocycles. The van der Waals surface area contributed by atoms with Gasteiger partial charge >= 0.3 is 5.92 Å². The number of nitrogens with zero attached hydrogens (tertiary/aromatic N) is 3. The molecule has 2 heterocycles. The number of anilines is 2. The van der Waals surface area contributed by atoms with E-state index in [2.05, 4.69) is 20.3 Å². The maximum absolute atomic E-state index is 14.8. The first-order valence-electron chi connectivity index (χ1n) is 8.25. The SMILES string of the molecule is COc1ccc2nc(Nc3cc(C(F)(F)c4ccc(F)cc4)nc(Cl)n3)sc2c1. The Balaban J connectivity index is 1.67. The molecule has 0 saturated carbocycles. The third-order valence-electron chi connectivity index (χ3n) is 4.06. The molecule has 0 spiro atoms. The van der Waals surface area contributed by atoms with Gasteiger partial charge < -0.3 is 10.1 Å². The van der Waals surface area contributed by atoms with Gasteiger partial charge in [0.25, 0.3) is 0 Å². The smallest absolute Gasteiger partial charge is 0.315 e. The second kappa shape index (κ2) is 7.49. The molecule has 0 unspecified atom stereocenters. The summed E-state index contributed by atoms with van der Waals surface area (Å²) in [5.74, 6) is -3.36. The summed E-state index contributed by atoms with van der Waals surface area (Å²) in [7, 11) is 1.56. The third-order valence-corrected chi connectivity index (χ3v) is 5.16. The van der Waals surface area contributed by atoms with Crippen LogP contribution in [0.15, 0.2) is 48.5 Å². The van der Waals surface area contributed by atoms with Crippen LogP contribution < -0.4 is 10.1 Å². The number of hydrogen-bond donors (Lipinski definition) is 1. The molecule has 0 amide bonds. The lowest BCUT2D eigenvalue weighted by Gasteiger charge is -2.17. The largest absolute Gasteiger partial charge is 0.497 e. The van der Waals surface area contributed by atoms with E-state index in [0.29, 0.717) is 10.9 Å². The third kappa shape index (κ3) is 3.96. The summed E-state index contributed by atoms with van der Waals surface area (Å²) in [5, 5.41) is 2.97. The van der Waals surface area contributed by atoms with Crippen LogP contribution in [-0.2, 0) is 5.92 Å². The lowest BCUT2D eigenvalue weighted by molar-refractivity contribution is 0.0379. The van der Waals surface area contributed by atoms with E-state index < -0.39 is 23.0 Å². The topological polar surface area (TPSA) is 59.9 Å². The van der Waals surface area contributed by atoms with Crippen molar-refractivity contribution < 1.29 is 17.9 Å². The Morgan fingerprint density at radius 1 is 1.03 bits per heavy atom. The lowest BCUT2D eigenvalue weighted by Crippen LogP contribution is -2.18. The molecule has 4 rings (SSSR count). The van der Waals surface area contributed by atoms with Gasteiger partial charge in [-0.25, -0.2) is 19.3 Å². The number of nitrogens with one attached hydrogen (secondary N) is 1. The first-order valence-corrected chi connectivity index (χ1v) is 9.45. The molecule has 0 bridgehead atoms. The average Bonchev–Trinajstić information content (AvgIpc) is 3.09. The van der Waals surface area contributed by atoms with Gasteiger partial charge in [-0.05, 0) is 54.1 Å². The molecule has 0 atom stereocenters. The Bertz CT molecular complexity index is 1180. The van der Waals surface area contributed by atoms with Crippen LogP contribution in [0.2, 0.25) is 5.28 Å². The zero-order valence-corrected chi connectivity index (χ0v) is 16.4. The number of rotatable bonds is 5. The van der Waals surface area contributed by atoms with Crippen molar-refractivity contribution in [1.29, 1.82) is 0 Å². The van der Waals surface area contributed by atoms with Crippen LogP contribution in [0.1, 0.15) is 11.3 Å². The molecule has 4 aromatic rings. The molecule has 0 aliphatic carbocycles. The Morgan fingerprint density at radius 3 is 2.52 bits per heavy atom. The summed E-state index contributed by atoms with van der Waals surface area (Å²) in [4.78, 5) is 12.0. The number of aromatic nitrogens is 3. The first-order chi connectivity index (χ1) is 13.8. The molecular formula is C19H12ClF3N4OS.